The fraction of sp³-hybridized carbons (Fsp3) is 0.226. The Morgan fingerprint density at radius 1 is 1.14 bits per heavy atom. The minimum absolute atomic E-state index is 0.164. The number of pyridine rings is 1. The zero-order valence-electron chi connectivity index (χ0n) is 26.4. The minimum Gasteiger partial charge on any atom is -0.543 e. The van der Waals surface area contributed by atoms with Crippen molar-refractivity contribution in [2.45, 2.75) is 24.4 Å². The van der Waals surface area contributed by atoms with Crippen LogP contribution < -0.4 is 32.0 Å². The smallest absolute Gasteiger partial charge is 0.423 e. The Balaban J connectivity index is 1.12. The van der Waals surface area contributed by atoms with Crippen LogP contribution in [0.15, 0.2) is 86.0 Å². The Morgan fingerprint density at radius 2 is 1.86 bits per heavy atom. The van der Waals surface area contributed by atoms with Gasteiger partial charge in [0.2, 0.25) is 0 Å². The number of nitrogens with zero attached hydrogens (tertiary/aromatic N) is 5. The van der Waals surface area contributed by atoms with Crippen LogP contribution in [-0.4, -0.2) is 75.2 Å². The fourth-order valence-electron chi connectivity index (χ4n) is 5.44. The van der Waals surface area contributed by atoms with Crippen molar-refractivity contribution in [3.63, 3.8) is 0 Å². The summed E-state index contributed by atoms with van der Waals surface area (Å²) in [4.78, 5) is 77.1. The molecule has 0 spiro atoms. The summed E-state index contributed by atoms with van der Waals surface area (Å²) in [5.74, 6) is -3.47. The number of carbonyl (C=O) groups is 4. The first kappa shape index (κ1) is 34.1. The van der Waals surface area contributed by atoms with E-state index in [0.717, 1.165) is 27.4 Å². The molecule has 6 rings (SSSR count). The second kappa shape index (κ2) is 14.4. The lowest BCUT2D eigenvalue weighted by Gasteiger charge is -2.50. The molecule has 1 aromatic carbocycles. The number of amides is 3. The number of hydrogen-bond acceptors (Lipinski definition) is 14. The molecule has 2 aliphatic heterocycles. The quantitative estimate of drug-likeness (QED) is 0.0700. The number of fused-ring (bicyclic) bond motifs is 1. The van der Waals surface area contributed by atoms with Gasteiger partial charge in [0.1, 0.15) is 30.0 Å². The molecule has 2 aliphatic rings. The number of β-lactam (4-membered cyclic amide) rings is 1. The largest absolute Gasteiger partial charge is 0.543 e. The summed E-state index contributed by atoms with van der Waals surface area (Å²) in [5.41, 5.74) is 10.3. The molecule has 0 unspecified atom stereocenters. The number of oxazole rings is 1. The van der Waals surface area contributed by atoms with Gasteiger partial charge in [-0.15, -0.1) is 23.1 Å². The number of thiazole rings is 1. The molecule has 0 aliphatic carbocycles. The van der Waals surface area contributed by atoms with Gasteiger partial charge in [0.15, 0.2) is 29.8 Å². The van der Waals surface area contributed by atoms with E-state index in [-0.39, 0.29) is 46.7 Å². The van der Waals surface area contributed by atoms with Crippen LogP contribution in [0.4, 0.5) is 5.13 Å². The van der Waals surface area contributed by atoms with Crippen molar-refractivity contribution in [1.29, 1.82) is 0 Å². The highest BCUT2D eigenvalue weighted by atomic mass is 32.2. The van der Waals surface area contributed by atoms with Crippen LogP contribution in [-0.2, 0) is 41.8 Å². The van der Waals surface area contributed by atoms with Crippen molar-refractivity contribution in [2.24, 2.45) is 5.16 Å². The Labute approximate surface area is 290 Å². The number of anilines is 1. The molecule has 1 saturated heterocycles. The predicted octanol–water partition coefficient (Wildman–Crippen LogP) is -0.902. The summed E-state index contributed by atoms with van der Waals surface area (Å²) < 4.78 is 8.23. The number of hydroxylamine groups is 1. The standard InChI is InChI=1S/C31H28N8O9S2/c1-46-35-22(40)11-20-13-38(31(45)48-20)19-5-3-16(4-6-19)17-7-9-37(10-8-17)12-18-14-49-28-24(27(42)39(28)25(18)29(43)44)34-26(41)23(36-47-2)21-15-50-30(32)33-21/h3-10,13,15,24,28H,11-12,14H2,1-2H3,(H4-,32,33,34,35,40,41,43,44)/b36-23-/t24-,28+/m1/s1. The molecule has 3 aromatic heterocycles. The van der Waals surface area contributed by atoms with Gasteiger partial charge >= 0.3 is 5.76 Å². The van der Waals surface area contributed by atoms with Gasteiger partial charge in [-0.2, -0.15) is 0 Å². The molecule has 2 atom stereocenters. The van der Waals surface area contributed by atoms with Crippen molar-refractivity contribution in [3.05, 3.63) is 93.6 Å². The van der Waals surface area contributed by atoms with Gasteiger partial charge < -0.3 is 30.2 Å². The second-order valence-corrected chi connectivity index (χ2v) is 12.8. The van der Waals surface area contributed by atoms with Crippen molar-refractivity contribution in [3.8, 4) is 16.8 Å². The van der Waals surface area contributed by atoms with Gasteiger partial charge in [-0.1, -0.05) is 17.3 Å². The summed E-state index contributed by atoms with van der Waals surface area (Å²) in [6.45, 7) is 0.174. The Bertz CT molecular complexity index is 2090. The zero-order chi connectivity index (χ0) is 35.5. The highest BCUT2D eigenvalue weighted by molar-refractivity contribution is 8.00. The average molecular weight is 721 g/mol. The molecule has 0 saturated carbocycles. The van der Waals surface area contributed by atoms with E-state index in [0.29, 0.717) is 11.3 Å². The second-order valence-electron chi connectivity index (χ2n) is 10.8. The van der Waals surface area contributed by atoms with E-state index in [1.165, 1.54) is 42.1 Å². The topological polar surface area (TPSA) is 227 Å². The van der Waals surface area contributed by atoms with Crippen LogP contribution in [0.25, 0.3) is 16.8 Å². The normalized spacial score (nSPS) is 17.2. The third kappa shape index (κ3) is 6.86. The highest BCUT2D eigenvalue weighted by Gasteiger charge is 2.53. The van der Waals surface area contributed by atoms with Crippen LogP contribution >= 0.6 is 23.1 Å². The van der Waals surface area contributed by atoms with Crippen LogP contribution in [0.3, 0.4) is 0 Å². The van der Waals surface area contributed by atoms with E-state index in [4.69, 9.17) is 15.0 Å². The van der Waals surface area contributed by atoms with E-state index >= 15 is 0 Å². The predicted molar refractivity (Wildman–Crippen MR) is 176 cm³/mol. The monoisotopic (exact) mass is 720 g/mol. The summed E-state index contributed by atoms with van der Waals surface area (Å²) in [7, 11) is 2.56. The number of rotatable bonds is 12. The number of aromatic nitrogens is 3. The van der Waals surface area contributed by atoms with E-state index in [2.05, 4.69) is 25.8 Å². The van der Waals surface area contributed by atoms with Crippen molar-refractivity contribution < 1.29 is 42.9 Å². The maximum atomic E-state index is 13.2. The first-order valence-corrected chi connectivity index (χ1v) is 16.6. The van der Waals surface area contributed by atoms with E-state index in [9.17, 15) is 29.1 Å². The Kier molecular flexibility index (Phi) is 9.79. The fourth-order valence-corrected chi connectivity index (χ4v) is 7.32. The van der Waals surface area contributed by atoms with Crippen LogP contribution in [0.5, 0.6) is 0 Å². The first-order valence-electron chi connectivity index (χ1n) is 14.7. The first-order chi connectivity index (χ1) is 24.1. The molecule has 258 valence electrons. The molecule has 17 nitrogen and oxygen atoms in total. The number of oxime groups is 1. The van der Waals surface area contributed by atoms with Crippen molar-refractivity contribution in [2.75, 3.05) is 25.7 Å². The number of nitrogens with two attached hydrogens (primary N) is 1. The van der Waals surface area contributed by atoms with E-state index < -0.39 is 40.9 Å². The molecule has 1 fully saturated rings. The molecule has 3 amide bonds. The maximum Gasteiger partial charge on any atom is 0.423 e. The zero-order valence-corrected chi connectivity index (χ0v) is 28.0. The molecule has 0 bridgehead atoms. The lowest BCUT2D eigenvalue weighted by molar-refractivity contribution is -0.689. The molecule has 5 heterocycles. The Morgan fingerprint density at radius 3 is 2.50 bits per heavy atom. The molecule has 50 heavy (non-hydrogen) atoms. The number of carboxylic acid groups (broad SMARTS) is 1. The lowest BCUT2D eigenvalue weighted by Crippen LogP contribution is -2.71. The molecule has 19 heteroatoms. The molecule has 4 aromatic rings. The van der Waals surface area contributed by atoms with Gasteiger partial charge in [0.05, 0.1) is 37.1 Å². The highest BCUT2D eigenvalue weighted by Crippen LogP contribution is 2.40. The summed E-state index contributed by atoms with van der Waals surface area (Å²) in [6, 6.07) is 9.80. The van der Waals surface area contributed by atoms with Crippen LogP contribution in [0, 0.1) is 0 Å². The van der Waals surface area contributed by atoms with Crippen molar-refractivity contribution >= 4 is 57.6 Å². The van der Waals surface area contributed by atoms with E-state index in [1.807, 2.05) is 24.3 Å². The van der Waals surface area contributed by atoms with Crippen LogP contribution in [0.2, 0.25) is 0 Å². The summed E-state index contributed by atoms with van der Waals surface area (Å²) >= 11 is 2.42. The van der Waals surface area contributed by atoms with Crippen LogP contribution in [0.1, 0.15) is 11.5 Å². The lowest BCUT2D eigenvalue weighted by atomic mass is 10.0. The number of aliphatic carboxylic acids is 1. The number of nitrogen functional groups attached to an aromatic ring is 1. The number of nitrogens with one attached hydrogen (secondary N) is 2. The number of thioether (sulfide) groups is 1. The average Bonchev–Trinajstić information content (AvgIpc) is 3.70. The minimum atomic E-state index is -1.50. The van der Waals surface area contributed by atoms with E-state index in [1.54, 1.807) is 29.1 Å². The number of carboxylic acids is 1. The SMILES string of the molecule is CO/N=C(\C(=O)N[C@@H]1C(=O)N2C(C(=O)[O-])=C(C[n+]3ccc(-c4ccc(-n5cc(CC(=O)NOC)oc5=O)cc4)cc3)CS[C@@H]12)c1csc(N)n1. The van der Waals surface area contributed by atoms with Gasteiger partial charge in [0.25, 0.3) is 17.7 Å². The van der Waals surface area contributed by atoms with Gasteiger partial charge in [-0.05, 0) is 23.3 Å². The Hall–Kier alpha value is -5.79. The van der Waals surface area contributed by atoms with Gasteiger partial charge in [-0.25, -0.2) is 24.4 Å². The number of hydrogen-bond donors (Lipinski definition) is 3. The van der Waals surface area contributed by atoms with Crippen molar-refractivity contribution in [1.82, 2.24) is 25.2 Å². The third-order valence-corrected chi connectivity index (χ3v) is 9.69. The van der Waals surface area contributed by atoms with Gasteiger partial charge in [0, 0.05) is 28.8 Å². The number of benzene rings is 1. The summed E-state index contributed by atoms with van der Waals surface area (Å²) in [6.07, 6.45) is 4.84. The van der Waals surface area contributed by atoms with Gasteiger partial charge in [-0.3, -0.25) is 24.1 Å². The maximum absolute atomic E-state index is 13.2. The summed E-state index contributed by atoms with van der Waals surface area (Å²) in [5, 5.41) is 19.7. The molecular formula is C31H28N8O9S2. The number of carbonyl (C=O) groups excluding carboxylic acids is 4. The molecular weight excluding hydrogens is 693 g/mol. The molecule has 0 radical (unpaired) electrons. The molecule has 4 N–H and O–H groups in total. The third-order valence-electron chi connectivity index (χ3n) is 7.67.